The van der Waals surface area contributed by atoms with E-state index in [1.807, 2.05) is 57.2 Å². The first-order valence-electron chi connectivity index (χ1n) is 8.89. The van der Waals surface area contributed by atoms with Crippen LogP contribution in [0.3, 0.4) is 0 Å². The number of rotatable bonds is 12. The highest BCUT2D eigenvalue weighted by molar-refractivity contribution is 6.60. The van der Waals surface area contributed by atoms with E-state index < -0.39 is 8.80 Å². The van der Waals surface area contributed by atoms with Crippen LogP contribution in [0, 0.1) is 0 Å². The van der Waals surface area contributed by atoms with Gasteiger partial charge in [-0.05, 0) is 45.8 Å². The lowest BCUT2D eigenvalue weighted by atomic mass is 10.1. The highest BCUT2D eigenvalue weighted by Gasteiger charge is 2.39. The molecule has 1 aromatic carbocycles. The fraction of sp³-hybridized carbons (Fsp3) is 0.526. The molecule has 0 bridgehead atoms. The molecular formula is C19H30O5Si. The van der Waals surface area contributed by atoms with Gasteiger partial charge in [-0.2, -0.15) is 0 Å². The van der Waals surface area contributed by atoms with Crippen LogP contribution in [0.25, 0.3) is 6.08 Å². The standard InChI is InChI=1S/C19H30O5Si/c1-5-22-25(23-6-2,24-7-3)15-11-14-21-19(20)17(4)16-18-12-9-8-10-13-18/h8-10,12-13,16H,5-7,11,14-15H2,1-4H3. The molecule has 0 atom stereocenters. The highest BCUT2D eigenvalue weighted by Crippen LogP contribution is 2.18. The summed E-state index contributed by atoms with van der Waals surface area (Å²) in [6, 6.07) is 10.3. The van der Waals surface area contributed by atoms with E-state index in [1.165, 1.54) is 0 Å². The number of carbonyl (C=O) groups excluding carboxylic acids is 1. The lowest BCUT2D eigenvalue weighted by molar-refractivity contribution is -0.138. The molecule has 140 valence electrons. The second-order valence-electron chi connectivity index (χ2n) is 5.46. The molecule has 0 saturated carbocycles. The minimum atomic E-state index is -2.66. The highest BCUT2D eigenvalue weighted by atomic mass is 28.4. The van der Waals surface area contributed by atoms with Gasteiger partial charge < -0.3 is 18.0 Å². The molecule has 0 aliphatic rings. The Morgan fingerprint density at radius 3 is 2.08 bits per heavy atom. The molecule has 5 nitrogen and oxygen atoms in total. The summed E-state index contributed by atoms with van der Waals surface area (Å²) >= 11 is 0. The topological polar surface area (TPSA) is 54.0 Å². The third-order valence-corrected chi connectivity index (χ3v) is 6.61. The van der Waals surface area contributed by atoms with Gasteiger partial charge in [0.25, 0.3) is 0 Å². The summed E-state index contributed by atoms with van der Waals surface area (Å²) < 4.78 is 22.7. The van der Waals surface area contributed by atoms with Crippen LogP contribution >= 0.6 is 0 Å². The van der Waals surface area contributed by atoms with Crippen LogP contribution in [0.15, 0.2) is 35.9 Å². The van der Waals surface area contributed by atoms with E-state index in [0.29, 0.717) is 44.5 Å². The maximum Gasteiger partial charge on any atom is 0.501 e. The van der Waals surface area contributed by atoms with Gasteiger partial charge in [0.05, 0.1) is 6.61 Å². The zero-order valence-corrected chi connectivity index (χ0v) is 16.7. The molecule has 0 aliphatic carbocycles. The largest absolute Gasteiger partial charge is 0.501 e. The Bertz CT molecular complexity index is 513. The maximum absolute atomic E-state index is 12.1. The van der Waals surface area contributed by atoms with Crippen molar-refractivity contribution in [1.82, 2.24) is 0 Å². The summed E-state index contributed by atoms with van der Waals surface area (Å²) in [5.41, 5.74) is 1.56. The van der Waals surface area contributed by atoms with E-state index in [0.717, 1.165) is 5.56 Å². The summed E-state index contributed by atoms with van der Waals surface area (Å²) in [6.45, 7) is 9.50. The van der Waals surface area contributed by atoms with Crippen LogP contribution in [0.4, 0.5) is 0 Å². The zero-order chi connectivity index (χ0) is 18.5. The van der Waals surface area contributed by atoms with Crippen molar-refractivity contribution in [3.8, 4) is 0 Å². The summed E-state index contributed by atoms with van der Waals surface area (Å²) in [5, 5.41) is 0. The molecule has 1 aromatic rings. The quantitative estimate of drug-likeness (QED) is 0.241. The molecule has 0 amide bonds. The van der Waals surface area contributed by atoms with Crippen LogP contribution in [-0.2, 0) is 22.8 Å². The van der Waals surface area contributed by atoms with E-state index in [9.17, 15) is 4.79 Å². The second-order valence-corrected chi connectivity index (χ2v) is 8.19. The van der Waals surface area contributed by atoms with Crippen molar-refractivity contribution >= 4 is 20.8 Å². The minimum absolute atomic E-state index is 0.305. The molecule has 0 fully saturated rings. The van der Waals surface area contributed by atoms with Crippen molar-refractivity contribution in [1.29, 1.82) is 0 Å². The van der Waals surface area contributed by atoms with Crippen LogP contribution in [0.2, 0.25) is 6.04 Å². The Kier molecular flexibility index (Phi) is 10.3. The second kappa shape index (κ2) is 12.0. The maximum atomic E-state index is 12.1. The van der Waals surface area contributed by atoms with E-state index in [2.05, 4.69) is 0 Å². The Labute approximate surface area is 152 Å². The Morgan fingerprint density at radius 1 is 1.00 bits per heavy atom. The van der Waals surface area contributed by atoms with Gasteiger partial charge in [0.1, 0.15) is 0 Å². The molecule has 0 N–H and O–H groups in total. The van der Waals surface area contributed by atoms with Crippen LogP contribution in [0.1, 0.15) is 39.7 Å². The van der Waals surface area contributed by atoms with Crippen molar-refractivity contribution < 1.29 is 22.8 Å². The molecule has 25 heavy (non-hydrogen) atoms. The Balaban J connectivity index is 2.49. The van der Waals surface area contributed by atoms with Gasteiger partial charge in [-0.3, -0.25) is 0 Å². The molecule has 1 rings (SSSR count). The van der Waals surface area contributed by atoms with Gasteiger partial charge in [0, 0.05) is 31.4 Å². The molecule has 0 radical (unpaired) electrons. The predicted octanol–water partition coefficient (Wildman–Crippen LogP) is 4.07. The van der Waals surface area contributed by atoms with Gasteiger partial charge in [0.15, 0.2) is 0 Å². The number of benzene rings is 1. The number of hydrogen-bond donors (Lipinski definition) is 0. The van der Waals surface area contributed by atoms with Crippen LogP contribution < -0.4 is 0 Å². The molecule has 0 spiro atoms. The average molecular weight is 367 g/mol. The van der Waals surface area contributed by atoms with Gasteiger partial charge >= 0.3 is 14.8 Å². The molecular weight excluding hydrogens is 336 g/mol. The van der Waals surface area contributed by atoms with Crippen molar-refractivity contribution in [2.75, 3.05) is 26.4 Å². The summed E-state index contributed by atoms with van der Waals surface area (Å²) in [7, 11) is -2.66. The summed E-state index contributed by atoms with van der Waals surface area (Å²) in [4.78, 5) is 12.1. The monoisotopic (exact) mass is 366 g/mol. The van der Waals surface area contributed by atoms with Gasteiger partial charge in [-0.1, -0.05) is 30.3 Å². The Morgan fingerprint density at radius 2 is 1.56 bits per heavy atom. The molecule has 0 aliphatic heterocycles. The number of esters is 1. The predicted molar refractivity (Wildman–Crippen MR) is 101 cm³/mol. The number of carbonyl (C=O) groups is 1. The van der Waals surface area contributed by atoms with Crippen LogP contribution in [0.5, 0.6) is 0 Å². The SMILES string of the molecule is CCO[Si](CCCOC(=O)C(C)=Cc1ccccc1)(OCC)OCC. The Hall–Kier alpha value is -1.47. The third kappa shape index (κ3) is 7.96. The average Bonchev–Trinajstić information content (AvgIpc) is 2.60. The van der Waals surface area contributed by atoms with Gasteiger partial charge in [0.2, 0.25) is 0 Å². The fourth-order valence-electron chi connectivity index (χ4n) is 2.43. The van der Waals surface area contributed by atoms with Crippen molar-refractivity contribution in [3.63, 3.8) is 0 Å². The lowest BCUT2D eigenvalue weighted by Crippen LogP contribution is -2.46. The van der Waals surface area contributed by atoms with E-state index >= 15 is 0 Å². The molecule has 0 saturated heterocycles. The first-order chi connectivity index (χ1) is 12.1. The smallest absolute Gasteiger partial charge is 0.462 e. The third-order valence-electron chi connectivity index (χ3n) is 3.46. The van der Waals surface area contributed by atoms with Crippen molar-refractivity contribution in [3.05, 3.63) is 41.5 Å². The summed E-state index contributed by atoms with van der Waals surface area (Å²) in [6.07, 6.45) is 2.47. The zero-order valence-electron chi connectivity index (χ0n) is 15.7. The lowest BCUT2D eigenvalue weighted by Gasteiger charge is -2.28. The molecule has 0 aromatic heterocycles. The first-order valence-corrected chi connectivity index (χ1v) is 10.8. The van der Waals surface area contributed by atoms with E-state index in [-0.39, 0.29) is 5.97 Å². The van der Waals surface area contributed by atoms with Crippen molar-refractivity contribution in [2.45, 2.75) is 40.2 Å². The van der Waals surface area contributed by atoms with E-state index in [1.54, 1.807) is 6.92 Å². The number of ether oxygens (including phenoxy) is 1. The molecule has 6 heteroatoms. The first kappa shape index (κ1) is 21.6. The fourth-order valence-corrected chi connectivity index (χ4v) is 5.01. The molecule has 0 heterocycles. The summed E-state index contributed by atoms with van der Waals surface area (Å²) in [5.74, 6) is -0.305. The number of hydrogen-bond acceptors (Lipinski definition) is 5. The minimum Gasteiger partial charge on any atom is -0.462 e. The molecule has 0 unspecified atom stereocenters. The van der Waals surface area contributed by atoms with Gasteiger partial charge in [-0.25, -0.2) is 4.79 Å². The van der Waals surface area contributed by atoms with Crippen LogP contribution in [-0.4, -0.2) is 41.2 Å². The normalized spacial score (nSPS) is 12.2. The van der Waals surface area contributed by atoms with Gasteiger partial charge in [-0.15, -0.1) is 0 Å². The van der Waals surface area contributed by atoms with Crippen molar-refractivity contribution in [2.24, 2.45) is 0 Å². The van der Waals surface area contributed by atoms with E-state index in [4.69, 9.17) is 18.0 Å².